The molecule has 0 radical (unpaired) electrons. The highest BCUT2D eigenvalue weighted by molar-refractivity contribution is 6.33. The zero-order valence-electron chi connectivity index (χ0n) is 13.4. The molecule has 23 heavy (non-hydrogen) atoms. The molecule has 1 aromatic heterocycles. The van der Waals surface area contributed by atoms with E-state index in [2.05, 4.69) is 48.4 Å². The first kappa shape index (κ1) is 15.6. The van der Waals surface area contributed by atoms with Crippen molar-refractivity contribution in [3.63, 3.8) is 0 Å². The highest BCUT2D eigenvalue weighted by atomic mass is 35.5. The van der Waals surface area contributed by atoms with Crippen LogP contribution in [0.4, 0.5) is 5.69 Å². The highest BCUT2D eigenvalue weighted by Gasteiger charge is 2.12. The van der Waals surface area contributed by atoms with E-state index in [0.29, 0.717) is 23.3 Å². The van der Waals surface area contributed by atoms with E-state index >= 15 is 0 Å². The number of hydrogen-bond donors (Lipinski definition) is 1. The molecule has 5 heteroatoms. The second kappa shape index (κ2) is 6.42. The van der Waals surface area contributed by atoms with Crippen LogP contribution in [0.1, 0.15) is 22.6 Å². The molecule has 0 aliphatic heterocycles. The summed E-state index contributed by atoms with van der Waals surface area (Å²) in [7, 11) is 0. The van der Waals surface area contributed by atoms with Crippen molar-refractivity contribution in [1.29, 1.82) is 0 Å². The van der Waals surface area contributed by atoms with Crippen LogP contribution in [0.2, 0.25) is 5.02 Å². The Balaban J connectivity index is 1.77. The van der Waals surface area contributed by atoms with Gasteiger partial charge in [-0.15, -0.1) is 10.2 Å². The van der Waals surface area contributed by atoms with Gasteiger partial charge >= 0.3 is 0 Å². The molecule has 3 aromatic rings. The number of anilines is 1. The van der Waals surface area contributed by atoms with Crippen LogP contribution in [0, 0.1) is 20.8 Å². The quantitative estimate of drug-likeness (QED) is 0.738. The molecule has 0 aliphatic rings. The lowest BCUT2D eigenvalue weighted by molar-refractivity contribution is 0.515. The standard InChI is InChI=1S/C18H18ClN3O/c1-11-8-12(2)17(13(3)9-11)20-10-16-21-22-18(23-16)14-6-4-5-7-15(14)19/h4-9,20H,10H2,1-3H3. The normalized spacial score (nSPS) is 10.8. The summed E-state index contributed by atoms with van der Waals surface area (Å²) in [6, 6.07) is 11.7. The van der Waals surface area contributed by atoms with Gasteiger partial charge < -0.3 is 9.73 Å². The van der Waals surface area contributed by atoms with Crippen molar-refractivity contribution in [3.05, 3.63) is 64.0 Å². The van der Waals surface area contributed by atoms with Gasteiger partial charge in [-0.25, -0.2) is 0 Å². The number of rotatable bonds is 4. The molecule has 1 heterocycles. The van der Waals surface area contributed by atoms with Crippen molar-refractivity contribution < 1.29 is 4.42 Å². The van der Waals surface area contributed by atoms with E-state index in [9.17, 15) is 0 Å². The molecule has 0 fully saturated rings. The van der Waals surface area contributed by atoms with Crippen LogP contribution in [0.25, 0.3) is 11.5 Å². The number of nitrogens with zero attached hydrogens (tertiary/aromatic N) is 2. The molecule has 118 valence electrons. The number of halogens is 1. The van der Waals surface area contributed by atoms with Crippen molar-refractivity contribution in [2.24, 2.45) is 0 Å². The summed E-state index contributed by atoms with van der Waals surface area (Å²) in [6.07, 6.45) is 0. The molecule has 2 aromatic carbocycles. The average molecular weight is 328 g/mol. The second-order valence-corrected chi connectivity index (χ2v) is 6.02. The predicted molar refractivity (Wildman–Crippen MR) is 92.7 cm³/mol. The lowest BCUT2D eigenvalue weighted by Crippen LogP contribution is -2.03. The lowest BCUT2D eigenvalue weighted by Gasteiger charge is -2.12. The van der Waals surface area contributed by atoms with Crippen LogP contribution in [0.5, 0.6) is 0 Å². The maximum Gasteiger partial charge on any atom is 0.249 e. The van der Waals surface area contributed by atoms with Crippen LogP contribution in [-0.2, 0) is 6.54 Å². The molecule has 0 spiro atoms. The number of hydrogen-bond acceptors (Lipinski definition) is 4. The van der Waals surface area contributed by atoms with Crippen molar-refractivity contribution in [1.82, 2.24) is 10.2 Å². The van der Waals surface area contributed by atoms with E-state index in [-0.39, 0.29) is 0 Å². The number of aryl methyl sites for hydroxylation is 3. The maximum absolute atomic E-state index is 6.15. The van der Waals surface area contributed by atoms with Crippen molar-refractivity contribution in [2.75, 3.05) is 5.32 Å². The lowest BCUT2D eigenvalue weighted by atomic mass is 10.1. The van der Waals surface area contributed by atoms with Gasteiger partial charge in [0.2, 0.25) is 11.8 Å². The van der Waals surface area contributed by atoms with Gasteiger partial charge in [-0.1, -0.05) is 41.4 Å². The second-order valence-electron chi connectivity index (χ2n) is 5.61. The van der Waals surface area contributed by atoms with Crippen LogP contribution >= 0.6 is 11.6 Å². The van der Waals surface area contributed by atoms with Gasteiger partial charge in [0.15, 0.2) is 0 Å². The smallest absolute Gasteiger partial charge is 0.249 e. The highest BCUT2D eigenvalue weighted by Crippen LogP contribution is 2.27. The molecule has 0 bridgehead atoms. The maximum atomic E-state index is 6.15. The molecule has 1 N–H and O–H groups in total. The van der Waals surface area contributed by atoms with Crippen molar-refractivity contribution in [2.45, 2.75) is 27.3 Å². The largest absolute Gasteiger partial charge is 0.419 e. The third-order valence-corrected chi connectivity index (χ3v) is 3.99. The van der Waals surface area contributed by atoms with Crippen LogP contribution in [0.15, 0.2) is 40.8 Å². The molecule has 0 unspecified atom stereocenters. The predicted octanol–water partition coefficient (Wildman–Crippen LogP) is 4.93. The topological polar surface area (TPSA) is 51.0 Å². The fourth-order valence-corrected chi connectivity index (χ4v) is 2.91. The Bertz CT molecular complexity index is 819. The summed E-state index contributed by atoms with van der Waals surface area (Å²) < 4.78 is 5.71. The Kier molecular flexibility index (Phi) is 4.35. The molecule has 0 aliphatic carbocycles. The van der Waals surface area contributed by atoms with Gasteiger partial charge in [0.25, 0.3) is 0 Å². The van der Waals surface area contributed by atoms with Crippen LogP contribution in [0.3, 0.4) is 0 Å². The third kappa shape index (κ3) is 3.37. The van der Waals surface area contributed by atoms with Crippen molar-refractivity contribution in [3.8, 4) is 11.5 Å². The van der Waals surface area contributed by atoms with Gasteiger partial charge in [-0.05, 0) is 44.0 Å². The van der Waals surface area contributed by atoms with Gasteiger partial charge in [-0.3, -0.25) is 0 Å². The van der Waals surface area contributed by atoms with E-state index < -0.39 is 0 Å². The summed E-state index contributed by atoms with van der Waals surface area (Å²) in [4.78, 5) is 0. The zero-order valence-corrected chi connectivity index (χ0v) is 14.1. The first-order chi connectivity index (χ1) is 11.0. The molecular weight excluding hydrogens is 310 g/mol. The monoisotopic (exact) mass is 327 g/mol. The van der Waals surface area contributed by atoms with Gasteiger partial charge in [0.05, 0.1) is 17.1 Å². The Labute approximate surface area is 140 Å². The number of benzene rings is 2. The number of nitrogens with one attached hydrogen (secondary N) is 1. The van der Waals surface area contributed by atoms with E-state index in [1.54, 1.807) is 6.07 Å². The number of aromatic nitrogens is 2. The minimum Gasteiger partial charge on any atom is -0.419 e. The molecule has 4 nitrogen and oxygen atoms in total. The van der Waals surface area contributed by atoms with Crippen LogP contribution in [-0.4, -0.2) is 10.2 Å². The first-order valence-corrected chi connectivity index (χ1v) is 7.81. The summed E-state index contributed by atoms with van der Waals surface area (Å²) in [5.41, 5.74) is 5.51. The fraction of sp³-hybridized carbons (Fsp3) is 0.222. The summed E-state index contributed by atoms with van der Waals surface area (Å²) in [5.74, 6) is 0.962. The SMILES string of the molecule is Cc1cc(C)c(NCc2nnc(-c3ccccc3Cl)o2)c(C)c1. The summed E-state index contributed by atoms with van der Waals surface area (Å²) >= 11 is 6.15. The minimum atomic E-state index is 0.435. The fourth-order valence-electron chi connectivity index (χ4n) is 2.69. The molecular formula is C18H18ClN3O. The molecule has 0 amide bonds. The zero-order chi connectivity index (χ0) is 16.4. The average Bonchev–Trinajstić information content (AvgIpc) is 2.95. The Morgan fingerprint density at radius 3 is 2.43 bits per heavy atom. The molecule has 0 atom stereocenters. The van der Waals surface area contributed by atoms with Crippen molar-refractivity contribution >= 4 is 17.3 Å². The molecule has 0 saturated carbocycles. The van der Waals surface area contributed by atoms with Gasteiger partial charge in [-0.2, -0.15) is 0 Å². The first-order valence-electron chi connectivity index (χ1n) is 7.43. The Morgan fingerprint density at radius 2 is 1.74 bits per heavy atom. The van der Waals surface area contributed by atoms with E-state index in [4.69, 9.17) is 16.0 Å². The van der Waals surface area contributed by atoms with E-state index in [0.717, 1.165) is 11.3 Å². The molecule has 0 saturated heterocycles. The summed E-state index contributed by atoms with van der Waals surface area (Å²) in [6.45, 7) is 6.75. The minimum absolute atomic E-state index is 0.435. The Morgan fingerprint density at radius 1 is 1.04 bits per heavy atom. The third-order valence-electron chi connectivity index (χ3n) is 3.66. The van der Waals surface area contributed by atoms with E-state index in [1.165, 1.54) is 16.7 Å². The van der Waals surface area contributed by atoms with Crippen LogP contribution < -0.4 is 5.32 Å². The van der Waals surface area contributed by atoms with Gasteiger partial charge in [0.1, 0.15) is 0 Å². The van der Waals surface area contributed by atoms with Gasteiger partial charge in [0, 0.05) is 5.69 Å². The summed E-state index contributed by atoms with van der Waals surface area (Å²) in [5, 5.41) is 12.1. The Hall–Kier alpha value is -2.33. The molecule has 3 rings (SSSR count). The van der Waals surface area contributed by atoms with E-state index in [1.807, 2.05) is 18.2 Å².